The van der Waals surface area contributed by atoms with Gasteiger partial charge in [-0.3, -0.25) is 0 Å². The van der Waals surface area contributed by atoms with Gasteiger partial charge in [-0.05, 0) is 30.3 Å². The fourth-order valence-electron chi connectivity index (χ4n) is 2.03. The molecule has 1 N–H and O–H groups in total. The van der Waals surface area contributed by atoms with Gasteiger partial charge in [0.1, 0.15) is 17.5 Å². The van der Waals surface area contributed by atoms with Crippen LogP contribution in [0.2, 0.25) is 5.02 Å². The normalized spacial score (nSPS) is 10.3. The first-order valence-electron chi connectivity index (χ1n) is 6.11. The van der Waals surface area contributed by atoms with E-state index in [-0.39, 0.29) is 11.4 Å². The molecule has 0 spiro atoms. The van der Waals surface area contributed by atoms with Crippen molar-refractivity contribution in [2.75, 3.05) is 0 Å². The summed E-state index contributed by atoms with van der Waals surface area (Å²) in [4.78, 5) is 0. The molecule has 0 radical (unpaired) electrons. The fourth-order valence-corrected chi connectivity index (χ4v) is 2.25. The van der Waals surface area contributed by atoms with Crippen molar-refractivity contribution < 1.29 is 5.11 Å². The zero-order valence-electron chi connectivity index (χ0n) is 10.7. The van der Waals surface area contributed by atoms with E-state index in [1.54, 1.807) is 36.4 Å². The SMILES string of the molecule is N#Cc1nnn(-c2ccc(O)cc2)c1-c1ccccc1Cl. The van der Waals surface area contributed by atoms with E-state index in [9.17, 15) is 10.4 Å². The number of nitrogens with zero attached hydrogens (tertiary/aromatic N) is 4. The third-order valence-electron chi connectivity index (χ3n) is 3.00. The molecule has 0 saturated heterocycles. The summed E-state index contributed by atoms with van der Waals surface area (Å²) in [5.74, 6) is 0.152. The van der Waals surface area contributed by atoms with E-state index in [1.165, 1.54) is 4.68 Å². The predicted octanol–water partition coefficient (Wildman–Crippen LogP) is 3.16. The highest BCUT2D eigenvalue weighted by atomic mass is 35.5. The van der Waals surface area contributed by atoms with E-state index in [0.29, 0.717) is 22.0 Å². The van der Waals surface area contributed by atoms with Crippen LogP contribution >= 0.6 is 11.6 Å². The maximum Gasteiger partial charge on any atom is 0.191 e. The van der Waals surface area contributed by atoms with Gasteiger partial charge in [-0.2, -0.15) is 5.26 Å². The lowest BCUT2D eigenvalue weighted by atomic mass is 10.1. The molecule has 5 nitrogen and oxygen atoms in total. The first kappa shape index (κ1) is 13.2. The molecule has 0 amide bonds. The standard InChI is InChI=1S/C15H9ClN4O/c16-13-4-2-1-3-12(13)15-14(9-17)18-19-20(15)10-5-7-11(21)8-6-10/h1-8,21H. The number of aromatic hydroxyl groups is 1. The Bertz CT molecular complexity index is 834. The lowest BCUT2D eigenvalue weighted by molar-refractivity contribution is 0.475. The molecule has 1 heterocycles. The second-order valence-electron chi connectivity index (χ2n) is 4.31. The van der Waals surface area contributed by atoms with Gasteiger partial charge in [0.15, 0.2) is 5.69 Å². The highest BCUT2D eigenvalue weighted by Gasteiger charge is 2.18. The van der Waals surface area contributed by atoms with Crippen LogP contribution in [-0.2, 0) is 0 Å². The topological polar surface area (TPSA) is 74.7 Å². The lowest BCUT2D eigenvalue weighted by Crippen LogP contribution is -1.99. The van der Waals surface area contributed by atoms with Crippen LogP contribution in [0.1, 0.15) is 5.69 Å². The van der Waals surface area contributed by atoms with Gasteiger partial charge in [0.05, 0.1) is 10.7 Å². The number of hydrogen-bond acceptors (Lipinski definition) is 4. The summed E-state index contributed by atoms with van der Waals surface area (Å²) >= 11 is 6.21. The van der Waals surface area contributed by atoms with Crippen molar-refractivity contribution in [2.24, 2.45) is 0 Å². The van der Waals surface area contributed by atoms with Crippen molar-refractivity contribution in [3.63, 3.8) is 0 Å². The first-order valence-corrected chi connectivity index (χ1v) is 6.48. The Hall–Kier alpha value is -2.84. The monoisotopic (exact) mass is 296 g/mol. The van der Waals surface area contributed by atoms with Gasteiger partial charge in [0, 0.05) is 5.56 Å². The zero-order valence-corrected chi connectivity index (χ0v) is 11.5. The Morgan fingerprint density at radius 2 is 1.81 bits per heavy atom. The summed E-state index contributed by atoms with van der Waals surface area (Å²) in [7, 11) is 0. The number of rotatable bonds is 2. The zero-order chi connectivity index (χ0) is 14.8. The molecule has 0 aliphatic carbocycles. The number of benzene rings is 2. The molecule has 102 valence electrons. The van der Waals surface area contributed by atoms with Crippen molar-refractivity contribution in [1.29, 1.82) is 5.26 Å². The van der Waals surface area contributed by atoms with Gasteiger partial charge >= 0.3 is 0 Å². The number of hydrogen-bond donors (Lipinski definition) is 1. The molecule has 0 fully saturated rings. The molecule has 0 aliphatic rings. The molecule has 0 bridgehead atoms. The van der Waals surface area contributed by atoms with Crippen LogP contribution in [0.3, 0.4) is 0 Å². The fraction of sp³-hybridized carbons (Fsp3) is 0. The predicted molar refractivity (Wildman–Crippen MR) is 78.2 cm³/mol. The molecule has 3 rings (SSSR count). The van der Waals surface area contributed by atoms with Crippen LogP contribution in [0, 0.1) is 11.3 Å². The molecular weight excluding hydrogens is 288 g/mol. The largest absolute Gasteiger partial charge is 0.508 e. The Balaban J connectivity index is 2.25. The molecule has 21 heavy (non-hydrogen) atoms. The molecule has 0 aliphatic heterocycles. The van der Waals surface area contributed by atoms with Gasteiger partial charge in [-0.1, -0.05) is 35.0 Å². The molecule has 0 unspecified atom stereocenters. The minimum absolute atomic E-state index is 0.152. The smallest absolute Gasteiger partial charge is 0.191 e. The van der Waals surface area contributed by atoms with E-state index >= 15 is 0 Å². The Kier molecular flexibility index (Phi) is 3.30. The van der Waals surface area contributed by atoms with E-state index in [0.717, 1.165) is 0 Å². The summed E-state index contributed by atoms with van der Waals surface area (Å²) in [6.45, 7) is 0. The minimum atomic E-state index is 0.152. The quantitative estimate of drug-likeness (QED) is 0.788. The number of phenolic OH excluding ortho intramolecular Hbond substituents is 1. The molecule has 1 aromatic heterocycles. The molecule has 0 atom stereocenters. The summed E-state index contributed by atoms with van der Waals surface area (Å²) in [5.41, 5.74) is 2.07. The summed E-state index contributed by atoms with van der Waals surface area (Å²) in [5, 5.41) is 27.0. The summed E-state index contributed by atoms with van der Waals surface area (Å²) < 4.78 is 1.53. The first-order chi connectivity index (χ1) is 10.2. The average molecular weight is 297 g/mol. The van der Waals surface area contributed by atoms with Gasteiger partial charge in [-0.25, -0.2) is 4.68 Å². The van der Waals surface area contributed by atoms with Crippen LogP contribution in [0.5, 0.6) is 5.75 Å². The van der Waals surface area contributed by atoms with Crippen LogP contribution in [0.15, 0.2) is 48.5 Å². The second kappa shape index (κ2) is 5.27. The molecule has 6 heteroatoms. The molecule has 3 aromatic rings. The Morgan fingerprint density at radius 1 is 1.10 bits per heavy atom. The number of nitriles is 1. The molecule has 0 saturated carbocycles. The average Bonchev–Trinajstić information content (AvgIpc) is 2.92. The lowest BCUT2D eigenvalue weighted by Gasteiger charge is -2.08. The van der Waals surface area contributed by atoms with Crippen LogP contribution in [-0.4, -0.2) is 20.1 Å². The summed E-state index contributed by atoms with van der Waals surface area (Å²) in [6, 6.07) is 15.7. The van der Waals surface area contributed by atoms with E-state index in [1.807, 2.05) is 18.2 Å². The maximum absolute atomic E-state index is 9.37. The second-order valence-corrected chi connectivity index (χ2v) is 4.71. The van der Waals surface area contributed by atoms with Crippen molar-refractivity contribution in [3.8, 4) is 28.8 Å². The third-order valence-corrected chi connectivity index (χ3v) is 3.33. The van der Waals surface area contributed by atoms with Crippen LogP contribution < -0.4 is 0 Å². The van der Waals surface area contributed by atoms with E-state index in [4.69, 9.17) is 11.6 Å². The van der Waals surface area contributed by atoms with Crippen molar-refractivity contribution in [3.05, 3.63) is 59.2 Å². The van der Waals surface area contributed by atoms with Crippen molar-refractivity contribution >= 4 is 11.6 Å². The molecular formula is C15H9ClN4O. The van der Waals surface area contributed by atoms with E-state index in [2.05, 4.69) is 10.3 Å². The van der Waals surface area contributed by atoms with Gasteiger partial charge < -0.3 is 5.11 Å². The summed E-state index contributed by atoms with van der Waals surface area (Å²) in [6.07, 6.45) is 0. The Labute approximate surface area is 125 Å². The van der Waals surface area contributed by atoms with Gasteiger partial charge in [0.25, 0.3) is 0 Å². The Morgan fingerprint density at radius 3 is 2.48 bits per heavy atom. The number of aromatic nitrogens is 3. The van der Waals surface area contributed by atoms with Crippen LogP contribution in [0.25, 0.3) is 16.9 Å². The van der Waals surface area contributed by atoms with E-state index < -0.39 is 0 Å². The third kappa shape index (κ3) is 2.33. The number of phenols is 1. The van der Waals surface area contributed by atoms with Crippen molar-refractivity contribution in [2.45, 2.75) is 0 Å². The minimum Gasteiger partial charge on any atom is -0.508 e. The highest BCUT2D eigenvalue weighted by Crippen LogP contribution is 2.31. The highest BCUT2D eigenvalue weighted by molar-refractivity contribution is 6.33. The van der Waals surface area contributed by atoms with Gasteiger partial charge in [-0.15, -0.1) is 5.10 Å². The van der Waals surface area contributed by atoms with Crippen LogP contribution in [0.4, 0.5) is 0 Å². The number of halogens is 1. The maximum atomic E-state index is 9.37. The van der Waals surface area contributed by atoms with Crippen molar-refractivity contribution in [1.82, 2.24) is 15.0 Å². The van der Waals surface area contributed by atoms with Gasteiger partial charge in [0.2, 0.25) is 0 Å². The molecule has 2 aromatic carbocycles.